The SMILES string of the molecule is O=C1CS[C@H](c2ccc(F)c(F)c2)c2cnn(Cc3ccccc3)c2N1. The predicted molar refractivity (Wildman–Crippen MR) is 97.1 cm³/mol. The highest BCUT2D eigenvalue weighted by molar-refractivity contribution is 8.00. The normalized spacial score (nSPS) is 16.7. The van der Waals surface area contributed by atoms with Crippen molar-refractivity contribution in [1.29, 1.82) is 0 Å². The predicted octanol–water partition coefficient (Wildman–Crippen LogP) is 3.98. The van der Waals surface area contributed by atoms with E-state index >= 15 is 0 Å². The Labute approximate surface area is 153 Å². The molecule has 2 aromatic carbocycles. The van der Waals surface area contributed by atoms with Crippen LogP contribution in [0, 0.1) is 11.6 Å². The van der Waals surface area contributed by atoms with Crippen LogP contribution in [0.2, 0.25) is 0 Å². The van der Waals surface area contributed by atoms with Gasteiger partial charge in [-0.1, -0.05) is 36.4 Å². The summed E-state index contributed by atoms with van der Waals surface area (Å²) >= 11 is 1.37. The first-order valence-corrected chi connectivity index (χ1v) is 9.13. The average molecular weight is 371 g/mol. The summed E-state index contributed by atoms with van der Waals surface area (Å²) in [6.07, 6.45) is 1.68. The maximum Gasteiger partial charge on any atom is 0.235 e. The Bertz CT molecular complexity index is 959. The second kappa shape index (κ2) is 6.92. The molecule has 26 heavy (non-hydrogen) atoms. The van der Waals surface area contributed by atoms with E-state index in [-0.39, 0.29) is 16.9 Å². The molecular weight excluding hydrogens is 356 g/mol. The number of nitrogens with one attached hydrogen (secondary N) is 1. The molecule has 0 saturated carbocycles. The van der Waals surface area contributed by atoms with Crippen molar-refractivity contribution in [3.8, 4) is 0 Å². The molecule has 0 saturated heterocycles. The number of nitrogens with zero attached hydrogens (tertiary/aromatic N) is 2. The molecule has 3 aromatic rings. The van der Waals surface area contributed by atoms with Crippen molar-refractivity contribution in [3.05, 3.63) is 83.1 Å². The van der Waals surface area contributed by atoms with Gasteiger partial charge in [0.1, 0.15) is 5.82 Å². The molecule has 2 heterocycles. The number of carbonyl (C=O) groups is 1. The standard InChI is InChI=1S/C19H15F2N3OS/c20-15-7-6-13(8-16(15)21)18-14-9-22-24(10-12-4-2-1-3-5-12)19(14)23-17(25)11-26-18/h1-9,18H,10-11H2,(H,23,25)/t18-/m1/s1. The van der Waals surface area contributed by atoms with E-state index in [1.807, 2.05) is 30.3 Å². The Hall–Kier alpha value is -2.67. The van der Waals surface area contributed by atoms with Crippen molar-refractivity contribution in [2.24, 2.45) is 0 Å². The number of aromatic nitrogens is 2. The van der Waals surface area contributed by atoms with Crippen LogP contribution in [-0.4, -0.2) is 21.4 Å². The number of hydrogen-bond donors (Lipinski definition) is 1. The number of hydrogen-bond acceptors (Lipinski definition) is 3. The van der Waals surface area contributed by atoms with E-state index in [0.717, 1.165) is 17.2 Å². The number of anilines is 1. The van der Waals surface area contributed by atoms with E-state index in [1.54, 1.807) is 16.9 Å². The van der Waals surface area contributed by atoms with Gasteiger partial charge in [0.05, 0.1) is 23.7 Å². The minimum Gasteiger partial charge on any atom is -0.310 e. The van der Waals surface area contributed by atoms with E-state index in [2.05, 4.69) is 10.4 Å². The third kappa shape index (κ3) is 3.22. The molecule has 1 atom stereocenters. The largest absolute Gasteiger partial charge is 0.310 e. The van der Waals surface area contributed by atoms with Gasteiger partial charge in [-0.05, 0) is 23.3 Å². The highest BCUT2D eigenvalue weighted by atomic mass is 32.2. The van der Waals surface area contributed by atoms with Crippen molar-refractivity contribution in [2.45, 2.75) is 11.8 Å². The Balaban J connectivity index is 1.74. The van der Waals surface area contributed by atoms with Gasteiger partial charge < -0.3 is 5.32 Å². The third-order valence-corrected chi connectivity index (χ3v) is 5.50. The van der Waals surface area contributed by atoms with Crippen LogP contribution < -0.4 is 5.32 Å². The quantitative estimate of drug-likeness (QED) is 0.757. The van der Waals surface area contributed by atoms with Crippen molar-refractivity contribution in [2.75, 3.05) is 11.1 Å². The van der Waals surface area contributed by atoms with Gasteiger partial charge in [0.15, 0.2) is 11.6 Å². The van der Waals surface area contributed by atoms with Crippen LogP contribution in [-0.2, 0) is 11.3 Å². The zero-order chi connectivity index (χ0) is 18.1. The summed E-state index contributed by atoms with van der Waals surface area (Å²) in [5.74, 6) is -1.11. The molecule has 7 heteroatoms. The van der Waals surface area contributed by atoms with Gasteiger partial charge in [0.2, 0.25) is 5.91 Å². The number of benzene rings is 2. The summed E-state index contributed by atoms with van der Waals surface area (Å²) in [5.41, 5.74) is 2.43. The lowest BCUT2D eigenvalue weighted by molar-refractivity contribution is -0.113. The monoisotopic (exact) mass is 371 g/mol. The molecule has 132 valence electrons. The fraction of sp³-hybridized carbons (Fsp3) is 0.158. The maximum atomic E-state index is 13.7. The van der Waals surface area contributed by atoms with Crippen LogP contribution in [0.1, 0.15) is 21.9 Å². The van der Waals surface area contributed by atoms with Gasteiger partial charge in [-0.2, -0.15) is 5.10 Å². The van der Waals surface area contributed by atoms with Crippen LogP contribution in [0.5, 0.6) is 0 Å². The number of rotatable bonds is 3. The Morgan fingerprint density at radius 2 is 1.96 bits per heavy atom. The summed E-state index contributed by atoms with van der Waals surface area (Å²) in [7, 11) is 0. The molecule has 0 unspecified atom stereocenters. The highest BCUT2D eigenvalue weighted by Crippen LogP contribution is 2.41. The Kier molecular flexibility index (Phi) is 4.46. The molecule has 0 bridgehead atoms. The van der Waals surface area contributed by atoms with Gasteiger partial charge in [0.25, 0.3) is 0 Å². The molecular formula is C19H15F2N3OS. The molecule has 0 aliphatic carbocycles. The zero-order valence-corrected chi connectivity index (χ0v) is 14.5. The minimum absolute atomic E-state index is 0.142. The lowest BCUT2D eigenvalue weighted by Gasteiger charge is -2.14. The van der Waals surface area contributed by atoms with Crippen LogP contribution in [0.4, 0.5) is 14.6 Å². The maximum absolute atomic E-state index is 13.7. The molecule has 0 fully saturated rings. The average Bonchev–Trinajstić information content (AvgIpc) is 2.92. The molecule has 0 spiro atoms. The molecule has 1 aliphatic heterocycles. The number of amides is 1. The highest BCUT2D eigenvalue weighted by Gasteiger charge is 2.28. The van der Waals surface area contributed by atoms with E-state index in [4.69, 9.17) is 0 Å². The summed E-state index contributed by atoms with van der Waals surface area (Å²) in [6.45, 7) is 0.506. The first-order valence-electron chi connectivity index (χ1n) is 8.08. The van der Waals surface area contributed by atoms with E-state index in [0.29, 0.717) is 17.9 Å². The van der Waals surface area contributed by atoms with Crippen LogP contribution >= 0.6 is 11.8 Å². The number of thioether (sulfide) groups is 1. The fourth-order valence-corrected chi connectivity index (χ4v) is 4.05. The number of halogens is 2. The van der Waals surface area contributed by atoms with Crippen molar-refractivity contribution >= 4 is 23.5 Å². The smallest absolute Gasteiger partial charge is 0.235 e. The topological polar surface area (TPSA) is 46.9 Å². The lowest BCUT2D eigenvalue weighted by Crippen LogP contribution is -2.16. The molecule has 1 N–H and O–H groups in total. The minimum atomic E-state index is -0.898. The number of fused-ring (bicyclic) bond motifs is 1. The van der Waals surface area contributed by atoms with E-state index in [9.17, 15) is 13.6 Å². The van der Waals surface area contributed by atoms with Crippen molar-refractivity contribution < 1.29 is 13.6 Å². The van der Waals surface area contributed by atoms with Gasteiger partial charge >= 0.3 is 0 Å². The first kappa shape index (κ1) is 16.8. The molecule has 0 radical (unpaired) electrons. The van der Waals surface area contributed by atoms with Crippen LogP contribution in [0.25, 0.3) is 0 Å². The van der Waals surface area contributed by atoms with Gasteiger partial charge in [0, 0.05) is 5.56 Å². The molecule has 4 nitrogen and oxygen atoms in total. The van der Waals surface area contributed by atoms with E-state index < -0.39 is 11.6 Å². The van der Waals surface area contributed by atoms with Gasteiger partial charge in [-0.3, -0.25) is 4.79 Å². The van der Waals surface area contributed by atoms with E-state index in [1.165, 1.54) is 17.8 Å². The van der Waals surface area contributed by atoms with Crippen LogP contribution in [0.3, 0.4) is 0 Å². The molecule has 1 aliphatic rings. The first-order chi connectivity index (χ1) is 12.6. The molecule has 1 amide bonds. The lowest BCUT2D eigenvalue weighted by atomic mass is 10.1. The Morgan fingerprint density at radius 1 is 1.15 bits per heavy atom. The van der Waals surface area contributed by atoms with Gasteiger partial charge in [-0.25, -0.2) is 13.5 Å². The molecule has 1 aromatic heterocycles. The third-order valence-electron chi connectivity index (χ3n) is 4.21. The van der Waals surface area contributed by atoms with Gasteiger partial charge in [-0.15, -0.1) is 11.8 Å². The summed E-state index contributed by atoms with van der Waals surface area (Å²) in [5, 5.41) is 6.99. The van der Waals surface area contributed by atoms with Crippen molar-refractivity contribution in [3.63, 3.8) is 0 Å². The second-order valence-electron chi connectivity index (χ2n) is 6.00. The summed E-state index contributed by atoms with van der Waals surface area (Å²) in [4.78, 5) is 12.1. The summed E-state index contributed by atoms with van der Waals surface area (Å²) < 4.78 is 28.7. The Morgan fingerprint density at radius 3 is 2.73 bits per heavy atom. The summed E-state index contributed by atoms with van der Waals surface area (Å²) in [6, 6.07) is 13.6. The second-order valence-corrected chi connectivity index (χ2v) is 7.10. The van der Waals surface area contributed by atoms with Crippen molar-refractivity contribution in [1.82, 2.24) is 9.78 Å². The number of carbonyl (C=O) groups excluding carboxylic acids is 1. The fourth-order valence-electron chi connectivity index (χ4n) is 2.97. The molecule has 4 rings (SSSR count). The van der Waals surface area contributed by atoms with Crippen LogP contribution in [0.15, 0.2) is 54.7 Å². The zero-order valence-electron chi connectivity index (χ0n) is 13.7.